The van der Waals surface area contributed by atoms with Gasteiger partial charge in [0.25, 0.3) is 5.89 Å². The molecular weight excluding hydrogens is 363 g/mol. The maximum atomic E-state index is 14.1. The van der Waals surface area contributed by atoms with E-state index in [1.807, 2.05) is 0 Å². The van der Waals surface area contributed by atoms with E-state index in [0.29, 0.717) is 29.9 Å². The van der Waals surface area contributed by atoms with Crippen molar-refractivity contribution in [3.63, 3.8) is 0 Å². The van der Waals surface area contributed by atoms with Crippen LogP contribution in [0.3, 0.4) is 0 Å². The van der Waals surface area contributed by atoms with E-state index in [4.69, 9.17) is 4.42 Å². The summed E-state index contributed by atoms with van der Waals surface area (Å²) in [7, 11) is 0. The Morgan fingerprint density at radius 1 is 1.30 bits per heavy atom. The molecule has 1 aliphatic rings. The molecule has 0 amide bonds. The van der Waals surface area contributed by atoms with Crippen molar-refractivity contribution in [2.24, 2.45) is 0 Å². The van der Waals surface area contributed by atoms with Crippen LogP contribution in [0.25, 0.3) is 5.52 Å². The molecule has 11 heteroatoms. The van der Waals surface area contributed by atoms with E-state index < -0.39 is 24.2 Å². The van der Waals surface area contributed by atoms with Crippen molar-refractivity contribution < 1.29 is 17.6 Å². The number of anilines is 1. The first-order valence-corrected chi connectivity index (χ1v) is 8.16. The van der Waals surface area contributed by atoms with Gasteiger partial charge in [-0.15, -0.1) is 5.10 Å². The van der Waals surface area contributed by atoms with Gasteiger partial charge in [-0.05, 0) is 18.2 Å². The Hall–Kier alpha value is -3.37. The van der Waals surface area contributed by atoms with Crippen molar-refractivity contribution in [2.75, 3.05) is 11.4 Å². The summed E-state index contributed by atoms with van der Waals surface area (Å²) in [4.78, 5) is 9.07. The summed E-state index contributed by atoms with van der Waals surface area (Å²) >= 11 is 0. The van der Waals surface area contributed by atoms with Crippen molar-refractivity contribution in [3.8, 4) is 0 Å². The number of rotatable bonds is 3. The number of aromatic amines is 1. The van der Waals surface area contributed by atoms with Crippen LogP contribution in [0.4, 0.5) is 19.2 Å². The molecule has 0 saturated carbocycles. The summed E-state index contributed by atoms with van der Waals surface area (Å²) in [5.41, 5.74) is 2.34. The van der Waals surface area contributed by atoms with E-state index in [9.17, 15) is 13.2 Å². The van der Waals surface area contributed by atoms with Gasteiger partial charge >= 0.3 is 12.4 Å². The predicted octanol–water partition coefficient (Wildman–Crippen LogP) is 2.67. The molecule has 8 nitrogen and oxygen atoms in total. The highest BCUT2D eigenvalue weighted by atomic mass is 19.3. The van der Waals surface area contributed by atoms with Crippen LogP contribution in [0.1, 0.15) is 35.4 Å². The minimum Gasteiger partial charge on any atom is -0.402 e. The average Bonchev–Trinajstić information content (AvgIpc) is 3.39. The number of nitrogens with one attached hydrogen (secondary N) is 1. The highest BCUT2D eigenvalue weighted by Crippen LogP contribution is 2.36. The quantitative estimate of drug-likeness (QED) is 0.592. The van der Waals surface area contributed by atoms with Crippen LogP contribution < -0.4 is 4.90 Å². The van der Waals surface area contributed by atoms with E-state index >= 15 is 0 Å². The molecule has 0 aromatic carbocycles. The number of pyridine rings is 1. The first kappa shape index (κ1) is 15.9. The zero-order valence-electron chi connectivity index (χ0n) is 13.7. The van der Waals surface area contributed by atoms with Crippen LogP contribution in [-0.2, 0) is 6.42 Å². The van der Waals surface area contributed by atoms with Crippen LogP contribution in [0.5, 0.6) is 0 Å². The van der Waals surface area contributed by atoms with E-state index in [-0.39, 0.29) is 6.01 Å². The molecule has 0 bridgehead atoms. The number of hydrogen-bond acceptors (Lipinski definition) is 6. The van der Waals surface area contributed by atoms with Gasteiger partial charge in [0, 0.05) is 24.9 Å². The highest BCUT2D eigenvalue weighted by molar-refractivity contribution is 5.52. The molecule has 0 unspecified atom stereocenters. The number of halogens is 3. The minimum atomic E-state index is -2.86. The summed E-state index contributed by atoms with van der Waals surface area (Å²) in [5.74, 6) is -1.17. The molecular formula is C16H12F3N7O. The molecule has 0 aliphatic carbocycles. The lowest BCUT2D eigenvalue weighted by Gasteiger charge is -2.32. The molecule has 4 aromatic rings. The molecule has 0 saturated heterocycles. The zero-order valence-corrected chi connectivity index (χ0v) is 13.7. The molecule has 138 valence electrons. The normalized spacial score (nSPS) is 17.0. The summed E-state index contributed by atoms with van der Waals surface area (Å²) in [6, 6.07) is 3.85. The fraction of sp³-hybridized carbons (Fsp3) is 0.250. The Bertz CT molecular complexity index is 1120. The summed E-state index contributed by atoms with van der Waals surface area (Å²) in [6.07, 6.45) is 0.901. The van der Waals surface area contributed by atoms with Crippen LogP contribution in [0.15, 0.2) is 35.1 Å². The summed E-state index contributed by atoms with van der Waals surface area (Å²) in [5, 5.41) is 11.6. The molecule has 0 fully saturated rings. The molecule has 5 rings (SSSR count). The summed E-state index contributed by atoms with van der Waals surface area (Å²) in [6.45, 7) is 0.418. The van der Waals surface area contributed by atoms with Crippen LogP contribution in [0.2, 0.25) is 0 Å². The maximum Gasteiger partial charge on any atom is 0.319 e. The van der Waals surface area contributed by atoms with E-state index in [2.05, 4.69) is 25.3 Å². The average molecular weight is 375 g/mol. The lowest BCUT2D eigenvalue weighted by Crippen LogP contribution is -2.36. The molecule has 5 heterocycles. The van der Waals surface area contributed by atoms with Gasteiger partial charge in [-0.3, -0.25) is 0 Å². The van der Waals surface area contributed by atoms with Gasteiger partial charge < -0.3 is 14.3 Å². The monoisotopic (exact) mass is 375 g/mol. The van der Waals surface area contributed by atoms with Crippen molar-refractivity contribution in [2.45, 2.75) is 18.9 Å². The van der Waals surface area contributed by atoms with Gasteiger partial charge in [0.15, 0.2) is 0 Å². The van der Waals surface area contributed by atoms with Crippen LogP contribution >= 0.6 is 0 Å². The predicted molar refractivity (Wildman–Crippen MR) is 85.9 cm³/mol. The minimum absolute atomic E-state index is 0.0542. The first-order valence-electron chi connectivity index (χ1n) is 8.16. The smallest absolute Gasteiger partial charge is 0.319 e. The fourth-order valence-electron chi connectivity index (χ4n) is 3.35. The largest absolute Gasteiger partial charge is 0.402 e. The first-order chi connectivity index (χ1) is 13.1. The van der Waals surface area contributed by atoms with Crippen molar-refractivity contribution in [1.29, 1.82) is 0 Å². The highest BCUT2D eigenvalue weighted by Gasteiger charge is 2.36. The number of hydrogen-bond donors (Lipinski definition) is 1. The Morgan fingerprint density at radius 2 is 2.19 bits per heavy atom. The topological polar surface area (TPSA) is 88.1 Å². The number of aromatic nitrogens is 6. The second kappa shape index (κ2) is 5.83. The fourth-order valence-corrected chi connectivity index (χ4v) is 3.35. The van der Waals surface area contributed by atoms with Gasteiger partial charge in [0.05, 0.1) is 17.7 Å². The standard InChI is InChI=1S/C16H12F3N7O/c17-8-2-1-4-26-11(8)6-10(24-26)13-12-9(20-7-21-12)3-5-25(13)16-23-22-15(27-16)14(18)19/h1-2,4,6-7,13-14H,3,5H2,(H,20,21)/t13-/m1/s1. The van der Waals surface area contributed by atoms with Crippen molar-refractivity contribution in [3.05, 3.63) is 59.5 Å². The maximum absolute atomic E-state index is 14.1. The van der Waals surface area contributed by atoms with Crippen molar-refractivity contribution in [1.82, 2.24) is 29.8 Å². The third-order valence-corrected chi connectivity index (χ3v) is 4.54. The van der Waals surface area contributed by atoms with Gasteiger partial charge in [-0.1, -0.05) is 5.10 Å². The number of imidazole rings is 1. The zero-order chi connectivity index (χ0) is 18.5. The molecule has 27 heavy (non-hydrogen) atoms. The molecule has 0 spiro atoms. The van der Waals surface area contributed by atoms with Crippen LogP contribution in [0, 0.1) is 5.82 Å². The molecule has 0 radical (unpaired) electrons. The Morgan fingerprint density at radius 3 is 2.96 bits per heavy atom. The number of H-pyrrole nitrogens is 1. The second-order valence-electron chi connectivity index (χ2n) is 6.09. The number of nitrogens with zero attached hydrogens (tertiary/aromatic N) is 6. The Labute approximate surface area is 149 Å². The summed E-state index contributed by atoms with van der Waals surface area (Å²) < 4.78 is 46.3. The van der Waals surface area contributed by atoms with Gasteiger partial charge in [-0.25, -0.2) is 13.9 Å². The van der Waals surface area contributed by atoms with Gasteiger partial charge in [0.2, 0.25) is 0 Å². The molecule has 1 N–H and O–H groups in total. The van der Waals surface area contributed by atoms with E-state index in [1.165, 1.54) is 10.6 Å². The Kier molecular flexibility index (Phi) is 3.42. The number of fused-ring (bicyclic) bond motifs is 2. The Balaban J connectivity index is 1.65. The molecule has 4 aromatic heterocycles. The lowest BCUT2D eigenvalue weighted by atomic mass is 10.0. The third-order valence-electron chi connectivity index (χ3n) is 4.54. The van der Waals surface area contributed by atoms with Crippen LogP contribution in [-0.4, -0.2) is 36.3 Å². The van der Waals surface area contributed by atoms with Gasteiger partial charge in [0.1, 0.15) is 17.4 Å². The van der Waals surface area contributed by atoms with Crippen molar-refractivity contribution >= 4 is 11.5 Å². The third kappa shape index (κ3) is 2.46. The second-order valence-corrected chi connectivity index (χ2v) is 6.09. The van der Waals surface area contributed by atoms with E-state index in [0.717, 1.165) is 5.69 Å². The molecule has 1 atom stereocenters. The SMILES string of the molecule is Fc1cccn2nc([C@@H]3c4nc[nH]c4CCN3c3nnc(C(F)F)o3)cc12. The van der Waals surface area contributed by atoms with Gasteiger partial charge in [-0.2, -0.15) is 13.9 Å². The number of alkyl halides is 2. The van der Waals surface area contributed by atoms with E-state index in [1.54, 1.807) is 29.6 Å². The molecule has 1 aliphatic heterocycles. The lowest BCUT2D eigenvalue weighted by molar-refractivity contribution is 0.115.